The maximum Gasteiger partial charge on any atom is 0.418 e. The van der Waals surface area contributed by atoms with Crippen molar-refractivity contribution in [1.82, 2.24) is 25.7 Å². The highest BCUT2D eigenvalue weighted by molar-refractivity contribution is 7.80. The summed E-state index contributed by atoms with van der Waals surface area (Å²) in [6.45, 7) is 7.34. The summed E-state index contributed by atoms with van der Waals surface area (Å²) in [6, 6.07) is 7.70. The number of pyridine rings is 1. The number of hydroxylamine groups is 2. The molecule has 20 heteroatoms. The number of thiazole rings is 1. The first-order valence-electron chi connectivity index (χ1n) is 14.5. The number of nitrogens with two attached hydrogens (primary N) is 1. The second-order valence-electron chi connectivity index (χ2n) is 12.3. The zero-order valence-corrected chi connectivity index (χ0v) is 27.8. The monoisotopic (exact) mass is 706 g/mol. The standard InChI is InChI=1S/C28H34N8O10S2/c1-27(2)10-15(11-30-27)31-20-8-5-14-9-16(6-7-17(14)32-20)44-12-19(25(39)40)45-35-21(18-13-47-26(29)33-18)23(37)34-22-24(38)36(28(22,3)4)46-48(41,42)43/h5-9,13,15,19,22,30H,10-12H2,1-4H3,(H2,29,33)(H,31,32)(H,34,37)(H,39,40)(H,41,42,43)/b35-21-/t15?,19-,22?/m0/s1. The van der Waals surface area contributed by atoms with Gasteiger partial charge in [-0.15, -0.1) is 15.6 Å². The Morgan fingerprint density at radius 2 is 1.98 bits per heavy atom. The summed E-state index contributed by atoms with van der Waals surface area (Å²) in [4.78, 5) is 51.7. The molecule has 2 aromatic heterocycles. The minimum Gasteiger partial charge on any atom is -0.489 e. The molecule has 2 amide bonds. The molecule has 2 aliphatic rings. The Morgan fingerprint density at radius 1 is 1.23 bits per heavy atom. The molecule has 258 valence electrons. The second kappa shape index (κ2) is 13.1. The number of nitrogens with zero attached hydrogens (tertiary/aromatic N) is 4. The number of aromatic nitrogens is 2. The topological polar surface area (TPSA) is 257 Å². The number of carboxylic acid groups (broad SMARTS) is 1. The molecule has 2 saturated heterocycles. The van der Waals surface area contributed by atoms with Crippen LogP contribution in [0.25, 0.3) is 10.9 Å². The smallest absolute Gasteiger partial charge is 0.418 e. The number of carboxylic acids is 1. The molecule has 0 saturated carbocycles. The number of oxime groups is 1. The van der Waals surface area contributed by atoms with E-state index in [2.05, 4.69) is 49.2 Å². The molecular formula is C28H34N8O10S2. The van der Waals surface area contributed by atoms with Gasteiger partial charge in [-0.05, 0) is 64.4 Å². The highest BCUT2D eigenvalue weighted by Crippen LogP contribution is 2.33. The Labute approximate surface area is 278 Å². The van der Waals surface area contributed by atoms with E-state index in [4.69, 9.17) is 19.9 Å². The molecule has 4 heterocycles. The summed E-state index contributed by atoms with van der Waals surface area (Å²) < 4.78 is 41.2. The number of nitrogen functional groups attached to an aromatic ring is 1. The van der Waals surface area contributed by atoms with Gasteiger partial charge in [0.1, 0.15) is 29.9 Å². The van der Waals surface area contributed by atoms with Crippen LogP contribution in [0.4, 0.5) is 10.9 Å². The first-order chi connectivity index (χ1) is 22.4. The van der Waals surface area contributed by atoms with E-state index in [1.807, 2.05) is 12.1 Å². The number of hydrogen-bond donors (Lipinski definition) is 6. The van der Waals surface area contributed by atoms with Crippen molar-refractivity contribution in [2.45, 2.75) is 63.4 Å². The molecule has 3 aromatic rings. The number of amides is 2. The number of ether oxygens (including phenoxy) is 1. The van der Waals surface area contributed by atoms with E-state index in [9.17, 15) is 27.9 Å². The lowest BCUT2D eigenvalue weighted by Crippen LogP contribution is -2.76. The lowest BCUT2D eigenvalue weighted by atomic mass is 9.84. The van der Waals surface area contributed by atoms with Crippen LogP contribution in [0, 0.1) is 0 Å². The highest BCUT2D eigenvalue weighted by Gasteiger charge is 2.58. The third-order valence-electron chi connectivity index (χ3n) is 7.65. The van der Waals surface area contributed by atoms with Crippen LogP contribution >= 0.6 is 11.3 Å². The Morgan fingerprint density at radius 3 is 2.58 bits per heavy atom. The third-order valence-corrected chi connectivity index (χ3v) is 8.66. The molecule has 0 bridgehead atoms. The van der Waals surface area contributed by atoms with Gasteiger partial charge in [0, 0.05) is 28.9 Å². The summed E-state index contributed by atoms with van der Waals surface area (Å²) >= 11 is 0.961. The van der Waals surface area contributed by atoms with Crippen LogP contribution in [0.3, 0.4) is 0 Å². The van der Waals surface area contributed by atoms with E-state index in [1.165, 1.54) is 19.2 Å². The fourth-order valence-electron chi connectivity index (χ4n) is 5.20. The molecule has 2 aliphatic heterocycles. The van der Waals surface area contributed by atoms with E-state index < -0.39 is 58.2 Å². The molecule has 2 unspecified atom stereocenters. The molecule has 3 atom stereocenters. The minimum atomic E-state index is -5.02. The van der Waals surface area contributed by atoms with Gasteiger partial charge in [-0.25, -0.2) is 14.8 Å². The third kappa shape index (κ3) is 7.90. The Kier molecular flexibility index (Phi) is 9.48. The minimum absolute atomic E-state index is 0.0500. The van der Waals surface area contributed by atoms with Crippen LogP contribution in [-0.4, -0.2) is 99.0 Å². The summed E-state index contributed by atoms with van der Waals surface area (Å²) in [5.41, 5.74) is 4.42. The van der Waals surface area contributed by atoms with E-state index in [0.29, 0.717) is 16.3 Å². The van der Waals surface area contributed by atoms with Crippen LogP contribution in [0.15, 0.2) is 40.9 Å². The predicted molar refractivity (Wildman–Crippen MR) is 172 cm³/mol. The highest BCUT2D eigenvalue weighted by atomic mass is 32.3. The SMILES string of the molecule is CC1(C)CC(Nc2ccc3cc(OC[C@H](O/N=C(\C(=O)NC4C(=O)N(OS(=O)(=O)O)C4(C)C)c4csc(N)n4)C(=O)O)ccc3n2)CN1. The molecule has 0 aliphatic carbocycles. The van der Waals surface area contributed by atoms with Gasteiger partial charge in [-0.1, -0.05) is 5.16 Å². The first kappa shape index (κ1) is 34.7. The fourth-order valence-corrected chi connectivity index (χ4v) is 6.20. The molecular weight excluding hydrogens is 672 g/mol. The Hall–Kier alpha value is -4.63. The van der Waals surface area contributed by atoms with Crippen molar-refractivity contribution in [2.24, 2.45) is 5.16 Å². The quantitative estimate of drug-likeness (QED) is 0.0625. The van der Waals surface area contributed by atoms with Crippen molar-refractivity contribution in [2.75, 3.05) is 24.2 Å². The van der Waals surface area contributed by atoms with Crippen LogP contribution < -0.4 is 26.4 Å². The number of β-lactam (4-membered cyclic amide) rings is 1. The zero-order valence-electron chi connectivity index (χ0n) is 26.2. The largest absolute Gasteiger partial charge is 0.489 e. The number of fused-ring (bicyclic) bond motifs is 1. The molecule has 5 rings (SSSR count). The van der Waals surface area contributed by atoms with E-state index in [-0.39, 0.29) is 22.4 Å². The predicted octanol–water partition coefficient (Wildman–Crippen LogP) is 0.919. The van der Waals surface area contributed by atoms with Gasteiger partial charge in [0.2, 0.25) is 0 Å². The number of aliphatic carboxylic acids is 1. The number of carbonyl (C=O) groups excluding carboxylic acids is 2. The molecule has 0 spiro atoms. The second-order valence-corrected chi connectivity index (χ2v) is 14.2. The van der Waals surface area contributed by atoms with E-state index >= 15 is 0 Å². The first-order valence-corrected chi connectivity index (χ1v) is 16.7. The molecule has 7 N–H and O–H groups in total. The number of carbonyl (C=O) groups is 3. The summed E-state index contributed by atoms with van der Waals surface area (Å²) in [7, 11) is -5.02. The maximum atomic E-state index is 13.2. The summed E-state index contributed by atoms with van der Waals surface area (Å²) in [5.74, 6) is -2.40. The van der Waals surface area contributed by atoms with Crippen molar-refractivity contribution in [3.8, 4) is 5.75 Å². The number of nitrogens with one attached hydrogen (secondary N) is 3. The lowest BCUT2D eigenvalue weighted by Gasteiger charge is -2.50. The summed E-state index contributed by atoms with van der Waals surface area (Å²) in [5, 5.41) is 25.3. The van der Waals surface area contributed by atoms with Crippen molar-refractivity contribution in [1.29, 1.82) is 0 Å². The average Bonchev–Trinajstić information content (AvgIpc) is 3.58. The van der Waals surface area contributed by atoms with Crippen LogP contribution in [0.2, 0.25) is 0 Å². The van der Waals surface area contributed by atoms with Gasteiger partial charge >= 0.3 is 16.4 Å². The number of benzene rings is 1. The molecule has 1 aromatic carbocycles. The van der Waals surface area contributed by atoms with Crippen molar-refractivity contribution in [3.63, 3.8) is 0 Å². The van der Waals surface area contributed by atoms with Gasteiger partial charge in [-0.3, -0.25) is 14.1 Å². The van der Waals surface area contributed by atoms with Crippen molar-refractivity contribution in [3.05, 3.63) is 41.4 Å². The van der Waals surface area contributed by atoms with Gasteiger partial charge in [0.15, 0.2) is 10.8 Å². The Balaban J connectivity index is 1.26. The van der Waals surface area contributed by atoms with E-state index in [0.717, 1.165) is 35.5 Å². The van der Waals surface area contributed by atoms with Crippen LogP contribution in [0.1, 0.15) is 39.8 Å². The normalized spacial score (nSPS) is 21.0. The molecule has 18 nitrogen and oxygen atoms in total. The maximum absolute atomic E-state index is 13.2. The fraction of sp³-hybridized carbons (Fsp3) is 0.429. The number of hydrogen-bond acceptors (Lipinski definition) is 15. The average molecular weight is 707 g/mol. The molecule has 2 fully saturated rings. The van der Waals surface area contributed by atoms with Gasteiger partial charge in [-0.2, -0.15) is 13.5 Å². The zero-order chi connectivity index (χ0) is 35.0. The Bertz CT molecular complexity index is 1880. The molecule has 0 radical (unpaired) electrons. The number of rotatable bonds is 13. The van der Waals surface area contributed by atoms with Gasteiger partial charge in [0.25, 0.3) is 17.9 Å². The molecule has 48 heavy (non-hydrogen) atoms. The van der Waals surface area contributed by atoms with Gasteiger partial charge < -0.3 is 36.4 Å². The van der Waals surface area contributed by atoms with Crippen LogP contribution in [0.5, 0.6) is 5.75 Å². The van der Waals surface area contributed by atoms with Crippen molar-refractivity contribution < 1.29 is 46.3 Å². The van der Waals surface area contributed by atoms with Crippen LogP contribution in [-0.2, 0) is 33.9 Å². The summed E-state index contributed by atoms with van der Waals surface area (Å²) in [6.07, 6.45) is -0.735. The number of anilines is 2. The lowest BCUT2D eigenvalue weighted by molar-refractivity contribution is -0.218. The van der Waals surface area contributed by atoms with E-state index in [1.54, 1.807) is 18.2 Å². The van der Waals surface area contributed by atoms with Gasteiger partial charge in [0.05, 0.1) is 11.1 Å². The van der Waals surface area contributed by atoms with Crippen molar-refractivity contribution >= 4 is 67.1 Å².